The summed E-state index contributed by atoms with van der Waals surface area (Å²) in [6.45, 7) is 1.53. The van der Waals surface area contributed by atoms with Gasteiger partial charge in [0.25, 0.3) is 0 Å². The van der Waals surface area contributed by atoms with Gasteiger partial charge in [0.2, 0.25) is 0 Å². The maximum absolute atomic E-state index is 5.62. The molecule has 0 aliphatic carbocycles. The highest BCUT2D eigenvalue weighted by atomic mass is 14.9. The third kappa shape index (κ3) is 3.16. The number of nitrogens with one attached hydrogen (secondary N) is 1. The van der Waals surface area contributed by atoms with E-state index < -0.39 is 0 Å². The maximum Gasteiger partial charge on any atom is 0.0730 e. The number of pyridine rings is 2. The Bertz CT molecular complexity index is 1030. The van der Waals surface area contributed by atoms with Gasteiger partial charge in [-0.25, -0.2) is 4.98 Å². The van der Waals surface area contributed by atoms with E-state index in [1.807, 2.05) is 30.5 Å². The van der Waals surface area contributed by atoms with Crippen LogP contribution in [0.1, 0.15) is 6.42 Å². The summed E-state index contributed by atoms with van der Waals surface area (Å²) in [5.41, 5.74) is 10.7. The van der Waals surface area contributed by atoms with E-state index in [1.54, 1.807) is 0 Å². The molecule has 2 aromatic heterocycles. The van der Waals surface area contributed by atoms with Crippen molar-refractivity contribution in [1.29, 1.82) is 0 Å². The quantitative estimate of drug-likeness (QED) is 0.539. The predicted octanol–water partition coefficient (Wildman–Crippen LogP) is 4.21. The summed E-state index contributed by atoms with van der Waals surface area (Å²) in [4.78, 5) is 9.24. The third-order valence-electron chi connectivity index (χ3n) is 4.31. The number of rotatable bonds is 5. The van der Waals surface area contributed by atoms with Gasteiger partial charge >= 0.3 is 0 Å². The molecule has 4 aromatic rings. The molecule has 4 heteroatoms. The fourth-order valence-corrected chi connectivity index (χ4v) is 3.03. The minimum atomic E-state index is 0.681. The Balaban J connectivity index is 1.82. The monoisotopic (exact) mass is 328 g/mol. The van der Waals surface area contributed by atoms with Gasteiger partial charge in [0.1, 0.15) is 0 Å². The van der Waals surface area contributed by atoms with Crippen molar-refractivity contribution in [3.8, 4) is 11.3 Å². The molecule has 0 fully saturated rings. The number of anilines is 1. The molecular weight excluding hydrogens is 308 g/mol. The fourth-order valence-electron chi connectivity index (χ4n) is 3.03. The molecule has 0 saturated heterocycles. The van der Waals surface area contributed by atoms with Gasteiger partial charge in [-0.05, 0) is 43.3 Å². The van der Waals surface area contributed by atoms with E-state index in [2.05, 4.69) is 46.7 Å². The lowest BCUT2D eigenvalue weighted by atomic mass is 10.1. The first kappa shape index (κ1) is 15.5. The minimum Gasteiger partial charge on any atom is -0.384 e. The molecule has 2 heterocycles. The van der Waals surface area contributed by atoms with Crippen LogP contribution in [0.4, 0.5) is 5.69 Å². The number of aromatic nitrogens is 2. The van der Waals surface area contributed by atoms with Crippen LogP contribution in [0.2, 0.25) is 0 Å². The van der Waals surface area contributed by atoms with Crippen LogP contribution >= 0.6 is 0 Å². The standard InChI is InChI=1S/C21H20N4/c22-10-4-12-24-21-14-20(25-19-7-2-1-6-17(19)21)16-8-9-18-15(13-16)5-3-11-23-18/h1-3,5-9,11,13-14H,4,10,12,22H2,(H,24,25). The zero-order valence-corrected chi connectivity index (χ0v) is 13.9. The van der Waals surface area contributed by atoms with Gasteiger partial charge < -0.3 is 11.1 Å². The largest absolute Gasteiger partial charge is 0.384 e. The van der Waals surface area contributed by atoms with Crippen LogP contribution in [0, 0.1) is 0 Å². The Hall–Kier alpha value is -2.98. The SMILES string of the molecule is NCCCNc1cc(-c2ccc3ncccc3c2)nc2ccccc12. The number of nitrogens with zero attached hydrogens (tertiary/aromatic N) is 2. The van der Waals surface area contributed by atoms with Crippen LogP contribution in [0.3, 0.4) is 0 Å². The first-order valence-corrected chi connectivity index (χ1v) is 8.54. The molecule has 4 nitrogen and oxygen atoms in total. The van der Waals surface area contributed by atoms with Gasteiger partial charge in [-0.2, -0.15) is 0 Å². The summed E-state index contributed by atoms with van der Waals surface area (Å²) >= 11 is 0. The number of para-hydroxylation sites is 1. The summed E-state index contributed by atoms with van der Waals surface area (Å²) in [6, 6.07) is 20.6. The lowest BCUT2D eigenvalue weighted by Crippen LogP contribution is -2.09. The van der Waals surface area contributed by atoms with Crippen LogP contribution in [0.15, 0.2) is 66.9 Å². The van der Waals surface area contributed by atoms with Crippen molar-refractivity contribution < 1.29 is 0 Å². The molecule has 0 radical (unpaired) electrons. The number of hydrogen-bond donors (Lipinski definition) is 2. The fraction of sp³-hybridized carbons (Fsp3) is 0.143. The lowest BCUT2D eigenvalue weighted by Gasteiger charge is -2.12. The molecule has 0 unspecified atom stereocenters. The maximum atomic E-state index is 5.62. The summed E-state index contributed by atoms with van der Waals surface area (Å²) in [5.74, 6) is 0. The summed E-state index contributed by atoms with van der Waals surface area (Å²) < 4.78 is 0. The van der Waals surface area contributed by atoms with Crippen molar-refractivity contribution in [2.45, 2.75) is 6.42 Å². The molecule has 4 rings (SSSR count). The van der Waals surface area contributed by atoms with Crippen molar-refractivity contribution >= 4 is 27.5 Å². The summed E-state index contributed by atoms with van der Waals surface area (Å²) in [7, 11) is 0. The van der Waals surface area contributed by atoms with E-state index in [4.69, 9.17) is 10.7 Å². The molecule has 0 bridgehead atoms. The molecule has 2 aromatic carbocycles. The van der Waals surface area contributed by atoms with Gasteiger partial charge in [-0.3, -0.25) is 4.98 Å². The van der Waals surface area contributed by atoms with Crippen LogP contribution in [-0.2, 0) is 0 Å². The third-order valence-corrected chi connectivity index (χ3v) is 4.31. The van der Waals surface area contributed by atoms with Crippen LogP contribution in [0.25, 0.3) is 33.1 Å². The van der Waals surface area contributed by atoms with Crippen molar-refractivity contribution in [2.75, 3.05) is 18.4 Å². The Labute approximate surface area is 146 Å². The van der Waals surface area contributed by atoms with E-state index in [0.29, 0.717) is 6.54 Å². The first-order valence-electron chi connectivity index (χ1n) is 8.54. The van der Waals surface area contributed by atoms with Gasteiger partial charge in [0.15, 0.2) is 0 Å². The number of fused-ring (bicyclic) bond motifs is 2. The molecule has 124 valence electrons. The summed E-state index contributed by atoms with van der Waals surface area (Å²) in [5, 5.41) is 5.75. The van der Waals surface area contributed by atoms with Crippen molar-refractivity contribution in [3.05, 3.63) is 66.9 Å². The Morgan fingerprint density at radius 3 is 2.76 bits per heavy atom. The average Bonchev–Trinajstić information content (AvgIpc) is 2.67. The molecular formula is C21H20N4. The second kappa shape index (κ2) is 6.87. The topological polar surface area (TPSA) is 63.8 Å². The Morgan fingerprint density at radius 1 is 0.920 bits per heavy atom. The number of benzene rings is 2. The molecule has 0 spiro atoms. The van der Waals surface area contributed by atoms with Crippen molar-refractivity contribution in [3.63, 3.8) is 0 Å². The first-order chi connectivity index (χ1) is 12.3. The zero-order chi connectivity index (χ0) is 17.1. The van der Waals surface area contributed by atoms with Crippen molar-refractivity contribution in [2.24, 2.45) is 5.73 Å². The van der Waals surface area contributed by atoms with Crippen molar-refractivity contribution in [1.82, 2.24) is 9.97 Å². The zero-order valence-electron chi connectivity index (χ0n) is 13.9. The summed E-state index contributed by atoms with van der Waals surface area (Å²) in [6.07, 6.45) is 2.75. The van der Waals surface area contributed by atoms with E-state index in [1.165, 1.54) is 0 Å². The molecule has 0 amide bonds. The number of hydrogen-bond acceptors (Lipinski definition) is 4. The second-order valence-electron chi connectivity index (χ2n) is 6.05. The smallest absolute Gasteiger partial charge is 0.0730 e. The second-order valence-corrected chi connectivity index (χ2v) is 6.05. The minimum absolute atomic E-state index is 0.681. The molecule has 0 saturated carbocycles. The molecule has 0 aliphatic heterocycles. The van der Waals surface area contributed by atoms with E-state index in [-0.39, 0.29) is 0 Å². The highest BCUT2D eigenvalue weighted by molar-refractivity contribution is 5.94. The Morgan fingerprint density at radius 2 is 1.84 bits per heavy atom. The van der Waals surface area contributed by atoms with Gasteiger partial charge in [0, 0.05) is 34.8 Å². The predicted molar refractivity (Wildman–Crippen MR) is 105 cm³/mol. The average molecular weight is 328 g/mol. The van der Waals surface area contributed by atoms with Crippen LogP contribution in [0.5, 0.6) is 0 Å². The normalized spacial score (nSPS) is 11.1. The molecule has 25 heavy (non-hydrogen) atoms. The molecule has 0 aliphatic rings. The van der Waals surface area contributed by atoms with Crippen LogP contribution < -0.4 is 11.1 Å². The highest BCUT2D eigenvalue weighted by Gasteiger charge is 2.08. The van der Waals surface area contributed by atoms with E-state index in [0.717, 1.165) is 51.7 Å². The van der Waals surface area contributed by atoms with Crippen LogP contribution in [-0.4, -0.2) is 23.1 Å². The van der Waals surface area contributed by atoms with E-state index in [9.17, 15) is 0 Å². The van der Waals surface area contributed by atoms with Gasteiger partial charge in [-0.15, -0.1) is 0 Å². The molecule has 0 atom stereocenters. The van der Waals surface area contributed by atoms with Gasteiger partial charge in [-0.1, -0.05) is 30.3 Å². The highest BCUT2D eigenvalue weighted by Crippen LogP contribution is 2.29. The number of nitrogens with two attached hydrogens (primary N) is 1. The Kier molecular flexibility index (Phi) is 4.27. The molecule has 3 N–H and O–H groups in total. The lowest BCUT2D eigenvalue weighted by molar-refractivity contribution is 0.875. The van der Waals surface area contributed by atoms with Gasteiger partial charge in [0.05, 0.1) is 16.7 Å². The van der Waals surface area contributed by atoms with E-state index >= 15 is 0 Å².